The summed E-state index contributed by atoms with van der Waals surface area (Å²) in [5.74, 6) is -0.694. The Morgan fingerprint density at radius 2 is 1.61 bits per heavy atom. The first kappa shape index (κ1) is 48.4. The molecule has 1 fully saturated rings. The first-order valence-corrected chi connectivity index (χ1v) is 22.6. The predicted octanol–water partition coefficient (Wildman–Crippen LogP) is 7.81. The average Bonchev–Trinajstić information content (AvgIpc) is 3.77. The fraction of sp³-hybridized carbons (Fsp3) is 0.659. The van der Waals surface area contributed by atoms with Crippen LogP contribution in [-0.4, -0.2) is 80.5 Å². The van der Waals surface area contributed by atoms with Crippen molar-refractivity contribution in [2.45, 2.75) is 146 Å². The molecular weight excluding hydrogens is 806 g/mol. The van der Waals surface area contributed by atoms with Crippen LogP contribution in [0.25, 0.3) is 5.52 Å². The number of halogens is 2. The molecule has 0 saturated carbocycles. The normalized spacial score (nSPS) is 20.7. The van der Waals surface area contributed by atoms with Gasteiger partial charge in [0.15, 0.2) is 5.82 Å². The molecule has 0 aliphatic carbocycles. The standard InChI is InChI=1S/C41H59ClFN6O9P/c1-2-3-4-5-6-7-8-9-10-11-12-13-14-15-16-17-20-54-25-32(55-24-30-21-31(23-44)37(42)33(43)22-30)26-56-59(52,53)57-27-35-38(50)39(51)41(28-45,58-35)36-19-18-34-40(46)47-29-48-49(34)36/h18-19,21-22,29,32,35,38-39,50-51H,2-17,20,24-27H2,1H3,(H,52,53)(H2,46,47,48)/t32-,35-,38-,39-,41+/m1/s1. The molecule has 1 saturated heterocycles. The van der Waals surface area contributed by atoms with Crippen molar-refractivity contribution in [2.75, 3.05) is 32.2 Å². The Morgan fingerprint density at radius 3 is 2.22 bits per heavy atom. The zero-order chi connectivity index (χ0) is 42.7. The number of hydrogen-bond donors (Lipinski definition) is 4. The summed E-state index contributed by atoms with van der Waals surface area (Å²) in [4.78, 5) is 14.5. The SMILES string of the molecule is CCCCCCCCCCCCCCCCCCOC[C@H](COP(=O)(O)OC[C@H]1O[C@@](C#N)(c2ccc3c(N)ncnn23)[C@H](O)[C@@H]1O)OCc1cc(F)c(Cl)c(C#N)c1. The van der Waals surface area contributed by atoms with Gasteiger partial charge in [-0.2, -0.15) is 15.6 Å². The lowest BCUT2D eigenvalue weighted by Gasteiger charge is -2.24. The molecule has 0 amide bonds. The number of rotatable bonds is 29. The van der Waals surface area contributed by atoms with Crippen LogP contribution in [0, 0.1) is 28.5 Å². The van der Waals surface area contributed by atoms with E-state index in [1.54, 1.807) is 0 Å². The number of aromatic nitrogens is 3. The monoisotopic (exact) mass is 864 g/mol. The second-order valence-electron chi connectivity index (χ2n) is 15.0. The van der Waals surface area contributed by atoms with E-state index in [0.717, 1.165) is 38.1 Å². The summed E-state index contributed by atoms with van der Waals surface area (Å²) >= 11 is 5.87. The Kier molecular flexibility index (Phi) is 20.4. The number of fused-ring (bicyclic) bond motifs is 1. The third kappa shape index (κ3) is 14.4. The molecule has 0 spiro atoms. The molecule has 6 atom stereocenters. The molecule has 59 heavy (non-hydrogen) atoms. The molecule has 4 rings (SSSR count). The van der Waals surface area contributed by atoms with Gasteiger partial charge in [0.05, 0.1) is 42.7 Å². The highest BCUT2D eigenvalue weighted by Gasteiger charge is 2.58. The van der Waals surface area contributed by atoms with Gasteiger partial charge >= 0.3 is 7.82 Å². The number of aliphatic hydroxyl groups is 2. The van der Waals surface area contributed by atoms with Crippen LogP contribution in [0.5, 0.6) is 0 Å². The minimum Gasteiger partial charge on any atom is -0.387 e. The largest absolute Gasteiger partial charge is 0.472 e. The van der Waals surface area contributed by atoms with Crippen LogP contribution in [0.1, 0.15) is 126 Å². The lowest BCUT2D eigenvalue weighted by atomic mass is 9.92. The van der Waals surface area contributed by atoms with Crippen LogP contribution in [0.15, 0.2) is 30.6 Å². The number of benzene rings is 1. The molecule has 15 nitrogen and oxygen atoms in total. The quantitative estimate of drug-likeness (QED) is 0.0386. The summed E-state index contributed by atoms with van der Waals surface area (Å²) in [6.07, 6.45) is 15.2. The molecule has 3 heterocycles. The number of hydrogen-bond acceptors (Lipinski definition) is 13. The molecule has 5 N–H and O–H groups in total. The van der Waals surface area contributed by atoms with Crippen molar-refractivity contribution in [1.82, 2.24) is 14.6 Å². The molecule has 2 aromatic heterocycles. The summed E-state index contributed by atoms with van der Waals surface area (Å²) in [7, 11) is -4.86. The molecule has 1 unspecified atom stereocenters. The van der Waals surface area contributed by atoms with Crippen molar-refractivity contribution in [3.05, 3.63) is 58.3 Å². The van der Waals surface area contributed by atoms with Crippen LogP contribution >= 0.6 is 19.4 Å². The summed E-state index contributed by atoms with van der Waals surface area (Å²) in [6, 6.07) is 9.17. The molecule has 18 heteroatoms. The van der Waals surface area contributed by atoms with Gasteiger partial charge in [-0.25, -0.2) is 18.5 Å². The Bertz CT molecular complexity index is 1880. The minimum absolute atomic E-state index is 0.0411. The number of ether oxygens (including phenoxy) is 3. The second kappa shape index (κ2) is 24.9. The van der Waals surface area contributed by atoms with Gasteiger partial charge in [0.25, 0.3) is 0 Å². The van der Waals surface area contributed by atoms with Crippen molar-refractivity contribution in [2.24, 2.45) is 0 Å². The number of unbranched alkanes of at least 4 members (excludes halogenated alkanes) is 15. The Balaban J connectivity index is 1.22. The van der Waals surface area contributed by atoms with E-state index in [1.807, 2.05) is 12.1 Å². The van der Waals surface area contributed by atoms with E-state index >= 15 is 0 Å². The van der Waals surface area contributed by atoms with Crippen LogP contribution in [-0.2, 0) is 40.0 Å². The molecule has 1 aliphatic rings. The number of nitrogens with zero attached hydrogens (tertiary/aromatic N) is 5. The van der Waals surface area contributed by atoms with Crippen LogP contribution in [0.3, 0.4) is 0 Å². The highest BCUT2D eigenvalue weighted by Crippen LogP contribution is 2.46. The fourth-order valence-corrected chi connectivity index (χ4v) is 7.98. The molecule has 0 radical (unpaired) electrons. The number of nitriles is 2. The van der Waals surface area contributed by atoms with Crippen molar-refractivity contribution >= 4 is 30.8 Å². The summed E-state index contributed by atoms with van der Waals surface area (Å²) in [6.45, 7) is 1.17. The highest BCUT2D eigenvalue weighted by atomic mass is 35.5. The first-order chi connectivity index (χ1) is 28.5. The molecule has 3 aromatic rings. The van der Waals surface area contributed by atoms with E-state index in [4.69, 9.17) is 40.6 Å². The van der Waals surface area contributed by atoms with Crippen molar-refractivity contribution in [1.29, 1.82) is 10.5 Å². The van der Waals surface area contributed by atoms with Crippen molar-refractivity contribution in [3.63, 3.8) is 0 Å². The number of nitrogen functional groups attached to an aromatic ring is 1. The predicted molar refractivity (Wildman–Crippen MR) is 218 cm³/mol. The number of anilines is 1. The van der Waals surface area contributed by atoms with E-state index in [1.165, 1.54) is 99.8 Å². The maximum absolute atomic E-state index is 14.3. The second-order valence-corrected chi connectivity index (χ2v) is 16.9. The van der Waals surface area contributed by atoms with Gasteiger partial charge in [-0.05, 0) is 36.2 Å². The number of phosphoric ester groups is 1. The maximum atomic E-state index is 14.3. The van der Waals surface area contributed by atoms with Gasteiger partial charge in [0.2, 0.25) is 5.60 Å². The summed E-state index contributed by atoms with van der Waals surface area (Å²) in [5.41, 5.74) is 4.35. The Morgan fingerprint density at radius 1 is 0.983 bits per heavy atom. The molecule has 1 aromatic carbocycles. The van der Waals surface area contributed by atoms with Crippen molar-refractivity contribution in [3.8, 4) is 12.1 Å². The molecular formula is C41H59ClFN6O9P. The lowest BCUT2D eigenvalue weighted by molar-refractivity contribution is -0.0690. The summed E-state index contributed by atoms with van der Waals surface area (Å²) in [5, 5.41) is 45.0. The third-order valence-corrected chi connectivity index (χ3v) is 11.8. The number of phosphoric acid groups is 1. The van der Waals surface area contributed by atoms with E-state index in [0.29, 0.717) is 17.7 Å². The molecule has 326 valence electrons. The zero-order valence-corrected chi connectivity index (χ0v) is 35.5. The number of nitrogens with two attached hydrogens (primary N) is 1. The van der Waals surface area contributed by atoms with Crippen LogP contribution in [0.4, 0.5) is 10.2 Å². The maximum Gasteiger partial charge on any atom is 0.472 e. The first-order valence-electron chi connectivity index (χ1n) is 20.7. The van der Waals surface area contributed by atoms with E-state index in [2.05, 4.69) is 17.0 Å². The zero-order valence-electron chi connectivity index (χ0n) is 33.9. The van der Waals surface area contributed by atoms with Gasteiger partial charge < -0.3 is 35.1 Å². The van der Waals surface area contributed by atoms with Gasteiger partial charge in [-0.15, -0.1) is 0 Å². The van der Waals surface area contributed by atoms with Crippen molar-refractivity contribution < 1.29 is 47.3 Å². The fourth-order valence-electron chi connectivity index (χ4n) is 7.07. The van der Waals surface area contributed by atoms with Gasteiger partial charge in [-0.1, -0.05) is 115 Å². The Hall–Kier alpha value is -3.25. The molecule has 0 bridgehead atoms. The summed E-state index contributed by atoms with van der Waals surface area (Å²) < 4.78 is 56.5. The Labute approximate surface area is 351 Å². The highest BCUT2D eigenvalue weighted by molar-refractivity contribution is 7.47. The smallest absolute Gasteiger partial charge is 0.387 e. The molecule has 1 aliphatic heterocycles. The van der Waals surface area contributed by atoms with Gasteiger partial charge in [-0.3, -0.25) is 9.05 Å². The van der Waals surface area contributed by atoms with E-state index < -0.39 is 56.9 Å². The average molecular weight is 865 g/mol. The van der Waals surface area contributed by atoms with Gasteiger partial charge in [0.1, 0.15) is 54.2 Å². The van der Waals surface area contributed by atoms with E-state index in [9.17, 15) is 34.6 Å². The van der Waals surface area contributed by atoms with Crippen LogP contribution in [0.2, 0.25) is 5.02 Å². The number of aliphatic hydroxyl groups excluding tert-OH is 2. The lowest BCUT2D eigenvalue weighted by Crippen LogP contribution is -2.41. The third-order valence-electron chi connectivity index (χ3n) is 10.5. The van der Waals surface area contributed by atoms with E-state index in [-0.39, 0.29) is 35.3 Å². The topological polar surface area (TPSA) is 228 Å². The van der Waals surface area contributed by atoms with Crippen LogP contribution < -0.4 is 5.73 Å². The van der Waals surface area contributed by atoms with Gasteiger partial charge in [0, 0.05) is 6.61 Å². The minimum atomic E-state index is -4.86.